The molecule has 0 unspecified atom stereocenters. The Morgan fingerprint density at radius 2 is 1.73 bits per heavy atom. The quantitative estimate of drug-likeness (QED) is 0.829. The van der Waals surface area contributed by atoms with Crippen molar-refractivity contribution >= 4 is 40.5 Å². The summed E-state index contributed by atoms with van der Waals surface area (Å²) in [6, 6.07) is 14.1. The molecule has 1 aliphatic rings. The lowest BCUT2D eigenvalue weighted by atomic mass is 10.2. The lowest BCUT2D eigenvalue weighted by Gasteiger charge is -2.19. The van der Waals surface area contributed by atoms with Gasteiger partial charge in [-0.3, -0.25) is 0 Å². The summed E-state index contributed by atoms with van der Waals surface area (Å²) in [5.41, 5.74) is 2.30. The Labute approximate surface area is 146 Å². The molecule has 0 bridgehead atoms. The van der Waals surface area contributed by atoms with Crippen molar-refractivity contribution in [3.05, 3.63) is 63.1 Å². The summed E-state index contributed by atoms with van der Waals surface area (Å²) in [6.07, 6.45) is 1.12. The van der Waals surface area contributed by atoms with Gasteiger partial charge in [0.25, 0.3) is 0 Å². The van der Waals surface area contributed by atoms with Gasteiger partial charge in [-0.05, 0) is 48.4 Å². The van der Waals surface area contributed by atoms with Crippen molar-refractivity contribution in [3.63, 3.8) is 0 Å². The maximum atomic E-state index is 6.21. The maximum absolute atomic E-state index is 6.21. The first kappa shape index (κ1) is 15.9. The average molecular weight is 356 g/mol. The van der Waals surface area contributed by atoms with Crippen molar-refractivity contribution < 1.29 is 0 Å². The van der Waals surface area contributed by atoms with Gasteiger partial charge >= 0.3 is 0 Å². The van der Waals surface area contributed by atoms with Crippen LogP contribution in [0.3, 0.4) is 0 Å². The Kier molecular flexibility index (Phi) is 5.14. The minimum atomic E-state index is 0.461. The van der Waals surface area contributed by atoms with Crippen LogP contribution in [0, 0.1) is 0 Å². The fourth-order valence-electron chi connectivity index (χ4n) is 2.73. The normalized spacial score (nSPS) is 18.0. The molecule has 0 amide bonds. The van der Waals surface area contributed by atoms with Gasteiger partial charge in [0.2, 0.25) is 0 Å². The van der Waals surface area contributed by atoms with E-state index < -0.39 is 0 Å². The van der Waals surface area contributed by atoms with Crippen molar-refractivity contribution in [2.75, 3.05) is 18.0 Å². The van der Waals surface area contributed by atoms with Gasteiger partial charge in [0.05, 0.1) is 0 Å². The van der Waals surface area contributed by atoms with Crippen molar-refractivity contribution in [3.8, 4) is 0 Å². The van der Waals surface area contributed by atoms with Gasteiger partial charge in [-0.2, -0.15) is 0 Å². The van der Waals surface area contributed by atoms with Crippen LogP contribution in [0.5, 0.6) is 0 Å². The number of rotatable bonds is 4. The molecule has 2 aromatic rings. The van der Waals surface area contributed by atoms with Crippen molar-refractivity contribution in [1.82, 2.24) is 5.32 Å². The lowest BCUT2D eigenvalue weighted by Crippen LogP contribution is -2.32. The zero-order valence-electron chi connectivity index (χ0n) is 12.0. The molecule has 2 nitrogen and oxygen atoms in total. The third kappa shape index (κ3) is 3.88. The molecule has 3 rings (SSSR count). The molecule has 1 N–H and O–H groups in total. The second kappa shape index (κ2) is 7.10. The third-order valence-corrected chi connectivity index (χ3v) is 4.82. The molecule has 0 aromatic heterocycles. The minimum Gasteiger partial charge on any atom is -0.370 e. The molecule has 5 heteroatoms. The second-order valence-electron chi connectivity index (χ2n) is 5.52. The zero-order valence-corrected chi connectivity index (χ0v) is 14.3. The van der Waals surface area contributed by atoms with Crippen molar-refractivity contribution in [2.45, 2.75) is 19.0 Å². The molecule has 0 aliphatic carbocycles. The molecular formula is C17H17Cl3N2. The predicted octanol–water partition coefficient (Wildman–Crippen LogP) is 5.02. The fraction of sp³-hybridized carbons (Fsp3) is 0.294. The highest BCUT2D eigenvalue weighted by atomic mass is 35.5. The predicted molar refractivity (Wildman–Crippen MR) is 95.4 cm³/mol. The van der Waals surface area contributed by atoms with Gasteiger partial charge in [0.15, 0.2) is 0 Å². The molecule has 116 valence electrons. The summed E-state index contributed by atoms with van der Waals surface area (Å²) in [4.78, 5) is 2.37. The van der Waals surface area contributed by atoms with Gasteiger partial charge < -0.3 is 10.2 Å². The van der Waals surface area contributed by atoms with Crippen molar-refractivity contribution in [1.29, 1.82) is 0 Å². The van der Waals surface area contributed by atoms with E-state index in [1.165, 1.54) is 5.69 Å². The number of nitrogens with one attached hydrogen (secondary N) is 1. The van der Waals surface area contributed by atoms with Crippen LogP contribution in [0.2, 0.25) is 15.1 Å². The second-order valence-corrected chi connectivity index (χ2v) is 6.80. The van der Waals surface area contributed by atoms with Crippen LogP contribution < -0.4 is 10.2 Å². The molecule has 1 atom stereocenters. The van der Waals surface area contributed by atoms with E-state index in [2.05, 4.69) is 22.3 Å². The summed E-state index contributed by atoms with van der Waals surface area (Å²) in [5, 5.41) is 5.73. The van der Waals surface area contributed by atoms with Crippen LogP contribution in [-0.2, 0) is 6.54 Å². The van der Waals surface area contributed by atoms with E-state index in [9.17, 15) is 0 Å². The number of anilines is 1. The van der Waals surface area contributed by atoms with E-state index in [0.29, 0.717) is 16.1 Å². The molecule has 0 saturated carbocycles. The minimum absolute atomic E-state index is 0.461. The van der Waals surface area contributed by atoms with Gasteiger partial charge in [0, 0.05) is 46.4 Å². The average Bonchev–Trinajstić information content (AvgIpc) is 2.96. The van der Waals surface area contributed by atoms with E-state index in [4.69, 9.17) is 34.8 Å². The Balaban J connectivity index is 1.56. The Morgan fingerprint density at radius 3 is 2.45 bits per heavy atom. The highest BCUT2D eigenvalue weighted by Gasteiger charge is 2.22. The molecule has 0 radical (unpaired) electrons. The SMILES string of the molecule is Clc1ccc(N2CC[C@H](NCc3ccc(Cl)cc3Cl)C2)cc1. The Morgan fingerprint density at radius 1 is 1.00 bits per heavy atom. The fourth-order valence-corrected chi connectivity index (χ4v) is 3.33. The molecular weight excluding hydrogens is 339 g/mol. The molecule has 1 heterocycles. The molecule has 0 spiro atoms. The van der Waals surface area contributed by atoms with Crippen LogP contribution in [0.25, 0.3) is 0 Å². The Bertz CT molecular complexity index is 643. The standard InChI is InChI=1S/C17H17Cl3N2/c18-13-3-5-16(6-4-13)22-8-7-15(11-22)21-10-12-1-2-14(19)9-17(12)20/h1-6,9,15,21H,7-8,10-11H2/t15-/m0/s1. The number of benzene rings is 2. The first-order chi connectivity index (χ1) is 10.6. The van der Waals surface area contributed by atoms with Crippen LogP contribution in [0.4, 0.5) is 5.69 Å². The summed E-state index contributed by atoms with van der Waals surface area (Å²) in [7, 11) is 0. The highest BCUT2D eigenvalue weighted by molar-refractivity contribution is 6.35. The number of halogens is 3. The van der Waals surface area contributed by atoms with Gasteiger partial charge in [-0.15, -0.1) is 0 Å². The molecule has 1 fully saturated rings. The molecule has 1 aliphatic heterocycles. The monoisotopic (exact) mass is 354 g/mol. The smallest absolute Gasteiger partial charge is 0.0465 e. The summed E-state index contributed by atoms with van der Waals surface area (Å²) in [6.45, 7) is 2.80. The van der Waals surface area contributed by atoms with E-state index in [-0.39, 0.29) is 0 Å². The van der Waals surface area contributed by atoms with E-state index >= 15 is 0 Å². The molecule has 1 saturated heterocycles. The summed E-state index contributed by atoms with van der Waals surface area (Å²) >= 11 is 18.1. The van der Waals surface area contributed by atoms with Crippen LogP contribution in [0.15, 0.2) is 42.5 Å². The first-order valence-electron chi connectivity index (χ1n) is 7.29. The van der Waals surface area contributed by atoms with Gasteiger partial charge in [-0.1, -0.05) is 40.9 Å². The van der Waals surface area contributed by atoms with Gasteiger partial charge in [0.1, 0.15) is 0 Å². The van der Waals surface area contributed by atoms with E-state index in [0.717, 1.165) is 36.6 Å². The van der Waals surface area contributed by atoms with Crippen LogP contribution >= 0.6 is 34.8 Å². The Hall–Kier alpha value is -0.930. The number of nitrogens with zero attached hydrogens (tertiary/aromatic N) is 1. The molecule has 22 heavy (non-hydrogen) atoms. The van der Waals surface area contributed by atoms with E-state index in [1.54, 1.807) is 6.07 Å². The van der Waals surface area contributed by atoms with Gasteiger partial charge in [-0.25, -0.2) is 0 Å². The first-order valence-corrected chi connectivity index (χ1v) is 8.43. The van der Waals surface area contributed by atoms with Crippen LogP contribution in [-0.4, -0.2) is 19.1 Å². The number of hydrogen-bond donors (Lipinski definition) is 1. The topological polar surface area (TPSA) is 15.3 Å². The lowest BCUT2D eigenvalue weighted by molar-refractivity contribution is 0.551. The summed E-state index contributed by atoms with van der Waals surface area (Å²) in [5.74, 6) is 0. The number of hydrogen-bond acceptors (Lipinski definition) is 2. The van der Waals surface area contributed by atoms with Crippen LogP contribution in [0.1, 0.15) is 12.0 Å². The zero-order chi connectivity index (χ0) is 15.5. The molecule has 2 aromatic carbocycles. The third-order valence-electron chi connectivity index (χ3n) is 3.98. The maximum Gasteiger partial charge on any atom is 0.0465 e. The highest BCUT2D eigenvalue weighted by Crippen LogP contribution is 2.24. The van der Waals surface area contributed by atoms with Crippen molar-refractivity contribution in [2.24, 2.45) is 0 Å². The summed E-state index contributed by atoms with van der Waals surface area (Å²) < 4.78 is 0. The largest absolute Gasteiger partial charge is 0.370 e. The van der Waals surface area contributed by atoms with E-state index in [1.807, 2.05) is 24.3 Å².